The van der Waals surface area contributed by atoms with Gasteiger partial charge in [-0.05, 0) is 31.2 Å². The number of aryl methyl sites for hydroxylation is 1. The summed E-state index contributed by atoms with van der Waals surface area (Å²) in [5.41, 5.74) is 1.12. The lowest BCUT2D eigenvalue weighted by molar-refractivity contribution is 0.0233. The normalized spacial score (nSPS) is 21.3. The van der Waals surface area contributed by atoms with Crippen molar-refractivity contribution in [1.82, 2.24) is 15.5 Å². The fraction of sp³-hybridized carbons (Fsp3) is 0.438. The maximum Gasteiger partial charge on any atom is 0.273 e. The van der Waals surface area contributed by atoms with E-state index in [4.69, 9.17) is 9.26 Å². The van der Waals surface area contributed by atoms with Gasteiger partial charge in [0.05, 0.1) is 19.3 Å². The maximum absolute atomic E-state index is 12.3. The lowest BCUT2D eigenvalue weighted by Gasteiger charge is -2.38. The number of aliphatic hydroxyl groups is 1. The van der Waals surface area contributed by atoms with Gasteiger partial charge in [-0.3, -0.25) is 4.79 Å². The van der Waals surface area contributed by atoms with Gasteiger partial charge in [0.2, 0.25) is 5.88 Å². The molecular formula is C16H19N3O4. The van der Waals surface area contributed by atoms with Gasteiger partial charge in [-0.25, -0.2) is 4.98 Å². The first-order valence-electron chi connectivity index (χ1n) is 7.49. The van der Waals surface area contributed by atoms with Gasteiger partial charge in [0.1, 0.15) is 5.76 Å². The van der Waals surface area contributed by atoms with Crippen LogP contribution < -0.4 is 10.1 Å². The van der Waals surface area contributed by atoms with Gasteiger partial charge in [0, 0.05) is 18.3 Å². The predicted octanol–water partition coefficient (Wildman–Crippen LogP) is 1.63. The van der Waals surface area contributed by atoms with Crippen molar-refractivity contribution in [2.45, 2.75) is 31.9 Å². The molecule has 7 nitrogen and oxygen atoms in total. The Bertz CT molecular complexity index is 677. The Morgan fingerprint density at radius 1 is 1.48 bits per heavy atom. The first-order valence-corrected chi connectivity index (χ1v) is 7.49. The fourth-order valence-electron chi connectivity index (χ4n) is 2.76. The summed E-state index contributed by atoms with van der Waals surface area (Å²) >= 11 is 0. The molecule has 23 heavy (non-hydrogen) atoms. The van der Waals surface area contributed by atoms with Crippen LogP contribution in [-0.4, -0.2) is 34.4 Å². The number of hydrogen-bond acceptors (Lipinski definition) is 6. The van der Waals surface area contributed by atoms with Crippen LogP contribution in [0, 0.1) is 12.8 Å². The molecule has 0 bridgehead atoms. The highest BCUT2D eigenvalue weighted by Crippen LogP contribution is 2.38. The zero-order valence-corrected chi connectivity index (χ0v) is 13.0. The summed E-state index contributed by atoms with van der Waals surface area (Å²) in [6.07, 6.45) is 2.67. The topological polar surface area (TPSA) is 97.5 Å². The van der Waals surface area contributed by atoms with E-state index in [-0.39, 0.29) is 29.7 Å². The standard InChI is InChI=1S/C16H19N3O4/c1-9-5-13(19-23-9)16(21)18-15(11-6-12(20)7-11)10-3-4-14(22-2)17-8-10/h3-5,8,11-12,15,20H,6-7H2,1-2H3,(H,18,21). The number of aliphatic hydroxyl groups excluding tert-OH is 1. The minimum atomic E-state index is -0.306. The molecule has 1 amide bonds. The zero-order valence-electron chi connectivity index (χ0n) is 13.0. The van der Waals surface area contributed by atoms with Gasteiger partial charge in [0.25, 0.3) is 5.91 Å². The molecule has 2 heterocycles. The Hall–Kier alpha value is -2.41. The van der Waals surface area contributed by atoms with E-state index in [0.717, 1.165) is 5.56 Å². The highest BCUT2D eigenvalue weighted by atomic mass is 16.5. The van der Waals surface area contributed by atoms with Gasteiger partial charge in [0.15, 0.2) is 5.69 Å². The predicted molar refractivity (Wildman–Crippen MR) is 81.0 cm³/mol. The van der Waals surface area contributed by atoms with Crippen LogP contribution >= 0.6 is 0 Å². The molecule has 2 aromatic heterocycles. The van der Waals surface area contributed by atoms with E-state index in [9.17, 15) is 9.90 Å². The number of carbonyl (C=O) groups is 1. The second-order valence-electron chi connectivity index (χ2n) is 5.79. The molecule has 2 N–H and O–H groups in total. The molecule has 1 atom stereocenters. The quantitative estimate of drug-likeness (QED) is 0.870. The van der Waals surface area contributed by atoms with Crippen molar-refractivity contribution in [2.24, 2.45) is 5.92 Å². The molecule has 2 aromatic rings. The fourth-order valence-corrected chi connectivity index (χ4v) is 2.76. The van der Waals surface area contributed by atoms with Gasteiger partial charge in [-0.1, -0.05) is 11.2 Å². The molecule has 0 radical (unpaired) electrons. The van der Waals surface area contributed by atoms with Crippen LogP contribution in [-0.2, 0) is 0 Å². The number of nitrogens with zero attached hydrogens (tertiary/aromatic N) is 2. The highest BCUT2D eigenvalue weighted by Gasteiger charge is 2.36. The number of carbonyl (C=O) groups excluding carboxylic acids is 1. The van der Waals surface area contributed by atoms with Crippen LogP contribution in [0.5, 0.6) is 5.88 Å². The van der Waals surface area contributed by atoms with E-state index >= 15 is 0 Å². The van der Waals surface area contributed by atoms with Crippen molar-refractivity contribution in [3.63, 3.8) is 0 Å². The van der Waals surface area contributed by atoms with Gasteiger partial charge in [-0.15, -0.1) is 0 Å². The van der Waals surface area contributed by atoms with E-state index in [1.165, 1.54) is 0 Å². The van der Waals surface area contributed by atoms with Crippen LogP contribution in [0.25, 0.3) is 0 Å². The molecule has 1 saturated carbocycles. The van der Waals surface area contributed by atoms with Crippen LogP contribution in [0.1, 0.15) is 40.7 Å². The average Bonchev–Trinajstić information content (AvgIpc) is 2.96. The second kappa shape index (κ2) is 6.37. The first kappa shape index (κ1) is 15.5. The third kappa shape index (κ3) is 3.34. The lowest BCUT2D eigenvalue weighted by atomic mass is 9.75. The molecule has 7 heteroatoms. The van der Waals surface area contributed by atoms with Crippen molar-refractivity contribution in [3.8, 4) is 5.88 Å². The molecule has 0 aromatic carbocycles. The Kier molecular flexibility index (Phi) is 4.29. The van der Waals surface area contributed by atoms with Crippen LogP contribution in [0.4, 0.5) is 0 Å². The van der Waals surface area contributed by atoms with Crippen molar-refractivity contribution in [3.05, 3.63) is 41.4 Å². The summed E-state index contributed by atoms with van der Waals surface area (Å²) in [6.45, 7) is 1.73. The molecular weight excluding hydrogens is 298 g/mol. The molecule has 3 rings (SSSR count). The molecule has 0 spiro atoms. The van der Waals surface area contributed by atoms with Gasteiger partial charge in [-0.2, -0.15) is 0 Å². The number of ether oxygens (including phenoxy) is 1. The van der Waals surface area contributed by atoms with Crippen molar-refractivity contribution >= 4 is 5.91 Å². The summed E-state index contributed by atoms with van der Waals surface area (Å²) in [6, 6.07) is 4.98. The molecule has 0 aliphatic heterocycles. The number of nitrogens with one attached hydrogen (secondary N) is 1. The third-order valence-corrected chi connectivity index (χ3v) is 4.10. The third-order valence-electron chi connectivity index (χ3n) is 4.10. The van der Waals surface area contributed by atoms with Crippen molar-refractivity contribution in [1.29, 1.82) is 0 Å². The van der Waals surface area contributed by atoms with E-state index in [1.807, 2.05) is 6.07 Å². The van der Waals surface area contributed by atoms with E-state index in [0.29, 0.717) is 24.5 Å². The number of hydrogen-bond donors (Lipinski definition) is 2. The smallest absolute Gasteiger partial charge is 0.273 e. The maximum atomic E-state index is 12.3. The highest BCUT2D eigenvalue weighted by molar-refractivity contribution is 5.92. The Balaban J connectivity index is 1.79. The number of pyridine rings is 1. The summed E-state index contributed by atoms with van der Waals surface area (Å²) < 4.78 is 10.0. The molecule has 1 fully saturated rings. The second-order valence-corrected chi connectivity index (χ2v) is 5.79. The summed E-state index contributed by atoms with van der Waals surface area (Å²) in [5.74, 6) is 0.956. The first-order chi connectivity index (χ1) is 11.1. The van der Waals surface area contributed by atoms with E-state index in [1.54, 1.807) is 32.4 Å². The summed E-state index contributed by atoms with van der Waals surface area (Å²) in [7, 11) is 1.55. The van der Waals surface area contributed by atoms with Gasteiger partial charge >= 0.3 is 0 Å². The monoisotopic (exact) mass is 317 g/mol. The largest absolute Gasteiger partial charge is 0.481 e. The SMILES string of the molecule is COc1ccc(C(NC(=O)c2cc(C)on2)C2CC(O)C2)cn1. The zero-order chi connectivity index (χ0) is 16.4. The van der Waals surface area contributed by atoms with Crippen molar-refractivity contribution in [2.75, 3.05) is 7.11 Å². The number of methoxy groups -OCH3 is 1. The van der Waals surface area contributed by atoms with Gasteiger partial charge < -0.3 is 19.7 Å². The molecule has 0 saturated heterocycles. The number of amides is 1. The molecule has 1 aliphatic carbocycles. The van der Waals surface area contributed by atoms with E-state index in [2.05, 4.69) is 15.5 Å². The summed E-state index contributed by atoms with van der Waals surface area (Å²) in [5, 5.41) is 16.3. The minimum absolute atomic E-state index is 0.164. The molecule has 1 unspecified atom stereocenters. The lowest BCUT2D eigenvalue weighted by Crippen LogP contribution is -2.41. The Labute approximate surface area is 133 Å². The van der Waals surface area contributed by atoms with E-state index < -0.39 is 0 Å². The minimum Gasteiger partial charge on any atom is -0.481 e. The van der Waals surface area contributed by atoms with Crippen LogP contribution in [0.15, 0.2) is 28.9 Å². The van der Waals surface area contributed by atoms with Crippen molar-refractivity contribution < 1.29 is 19.2 Å². The Morgan fingerprint density at radius 2 is 2.26 bits per heavy atom. The number of aromatic nitrogens is 2. The molecule has 122 valence electrons. The molecule has 1 aliphatic rings. The Morgan fingerprint density at radius 3 is 2.78 bits per heavy atom. The van der Waals surface area contributed by atoms with Crippen LogP contribution in [0.3, 0.4) is 0 Å². The number of rotatable bonds is 5. The average molecular weight is 317 g/mol. The van der Waals surface area contributed by atoms with Crippen LogP contribution in [0.2, 0.25) is 0 Å². The summed E-state index contributed by atoms with van der Waals surface area (Å²) in [4.78, 5) is 16.5.